The minimum atomic E-state index is -0.317. The fourth-order valence-electron chi connectivity index (χ4n) is 3.23. The molecule has 3 aromatic carbocycles. The molecule has 1 atom stereocenters. The summed E-state index contributed by atoms with van der Waals surface area (Å²) >= 11 is 1.40. The van der Waals surface area contributed by atoms with Crippen molar-refractivity contribution in [2.45, 2.75) is 24.3 Å². The zero-order chi connectivity index (χ0) is 20.4. The molecule has 1 N–H and O–H groups in total. The Morgan fingerprint density at radius 2 is 1.79 bits per heavy atom. The van der Waals surface area contributed by atoms with Gasteiger partial charge in [0.2, 0.25) is 5.91 Å². The first-order chi connectivity index (χ1) is 14.0. The predicted octanol–water partition coefficient (Wildman–Crippen LogP) is 5.06. The summed E-state index contributed by atoms with van der Waals surface area (Å²) in [5.41, 5.74) is 3.00. The highest BCUT2D eigenvalue weighted by molar-refractivity contribution is 8.00. The van der Waals surface area contributed by atoms with Gasteiger partial charge in [-0.3, -0.25) is 4.79 Å². The second-order valence-corrected chi connectivity index (χ2v) is 8.32. The van der Waals surface area contributed by atoms with Crippen molar-refractivity contribution in [3.63, 3.8) is 0 Å². The third-order valence-electron chi connectivity index (χ3n) is 4.81. The van der Waals surface area contributed by atoms with Crippen molar-refractivity contribution in [2.24, 2.45) is 7.05 Å². The van der Waals surface area contributed by atoms with Crippen LogP contribution in [-0.2, 0) is 11.8 Å². The van der Waals surface area contributed by atoms with Crippen LogP contribution >= 0.6 is 11.8 Å². The standard InChI is InChI=1S/C23H22N4OS/c1-15-8-6-11-18(14-15)21-25-26-23(27(21)3)29-16(2)22(28)24-20-13-7-10-17-9-4-5-12-19(17)20/h4-14,16H,1-3H3,(H,24,28). The van der Waals surface area contributed by atoms with E-state index in [4.69, 9.17) is 0 Å². The molecule has 4 aromatic rings. The molecule has 1 aromatic heterocycles. The van der Waals surface area contributed by atoms with Gasteiger partial charge in [0.1, 0.15) is 0 Å². The van der Waals surface area contributed by atoms with Gasteiger partial charge in [-0.1, -0.05) is 71.9 Å². The smallest absolute Gasteiger partial charge is 0.237 e. The SMILES string of the molecule is Cc1cccc(-c2nnc(SC(C)C(=O)Nc3cccc4ccccc34)n2C)c1. The van der Waals surface area contributed by atoms with E-state index in [1.165, 1.54) is 17.3 Å². The third-order valence-corrected chi connectivity index (χ3v) is 5.94. The van der Waals surface area contributed by atoms with Crippen LogP contribution in [0.1, 0.15) is 12.5 Å². The number of carbonyl (C=O) groups excluding carboxylic acids is 1. The first-order valence-corrected chi connectivity index (χ1v) is 10.3. The number of hydrogen-bond acceptors (Lipinski definition) is 4. The summed E-state index contributed by atoms with van der Waals surface area (Å²) in [4.78, 5) is 12.8. The molecule has 146 valence electrons. The van der Waals surface area contributed by atoms with Gasteiger partial charge in [0.05, 0.1) is 5.25 Å². The Morgan fingerprint density at radius 1 is 1.03 bits per heavy atom. The second-order valence-electron chi connectivity index (χ2n) is 7.01. The molecule has 0 spiro atoms. The first-order valence-electron chi connectivity index (χ1n) is 9.44. The summed E-state index contributed by atoms with van der Waals surface area (Å²) in [6.07, 6.45) is 0. The van der Waals surface area contributed by atoms with Crippen molar-refractivity contribution in [1.29, 1.82) is 0 Å². The summed E-state index contributed by atoms with van der Waals surface area (Å²) in [6.45, 7) is 3.93. The van der Waals surface area contributed by atoms with Gasteiger partial charge in [-0.25, -0.2) is 0 Å². The molecule has 29 heavy (non-hydrogen) atoms. The highest BCUT2D eigenvalue weighted by Crippen LogP contribution is 2.28. The summed E-state index contributed by atoms with van der Waals surface area (Å²) in [7, 11) is 1.93. The van der Waals surface area contributed by atoms with E-state index in [9.17, 15) is 4.79 Å². The Bertz CT molecular complexity index is 1180. The topological polar surface area (TPSA) is 59.8 Å². The lowest BCUT2D eigenvalue weighted by atomic mass is 10.1. The van der Waals surface area contributed by atoms with E-state index in [-0.39, 0.29) is 11.2 Å². The molecule has 0 aliphatic carbocycles. The number of thioether (sulfide) groups is 1. The van der Waals surface area contributed by atoms with E-state index in [1.54, 1.807) is 0 Å². The van der Waals surface area contributed by atoms with Gasteiger partial charge in [0.15, 0.2) is 11.0 Å². The van der Waals surface area contributed by atoms with Crippen LogP contribution in [0, 0.1) is 6.92 Å². The van der Waals surface area contributed by atoms with Crippen LogP contribution in [0.25, 0.3) is 22.2 Å². The number of hydrogen-bond donors (Lipinski definition) is 1. The maximum atomic E-state index is 12.8. The maximum absolute atomic E-state index is 12.8. The van der Waals surface area contributed by atoms with Crippen molar-refractivity contribution in [1.82, 2.24) is 14.8 Å². The number of aryl methyl sites for hydroxylation is 1. The molecule has 0 fully saturated rings. The molecule has 0 bridgehead atoms. The van der Waals surface area contributed by atoms with Crippen LogP contribution < -0.4 is 5.32 Å². The molecule has 0 saturated heterocycles. The molecule has 0 saturated carbocycles. The molecule has 0 radical (unpaired) electrons. The number of rotatable bonds is 5. The largest absolute Gasteiger partial charge is 0.325 e. The van der Waals surface area contributed by atoms with Crippen LogP contribution in [-0.4, -0.2) is 25.9 Å². The molecule has 0 aliphatic rings. The van der Waals surface area contributed by atoms with Crippen LogP contribution in [0.4, 0.5) is 5.69 Å². The van der Waals surface area contributed by atoms with Crippen LogP contribution in [0.2, 0.25) is 0 Å². The summed E-state index contributed by atoms with van der Waals surface area (Å²) in [5, 5.41) is 14.2. The van der Waals surface area contributed by atoms with Gasteiger partial charge in [0, 0.05) is 23.7 Å². The van der Waals surface area contributed by atoms with Crippen LogP contribution in [0.3, 0.4) is 0 Å². The van der Waals surface area contributed by atoms with Crippen LogP contribution in [0.5, 0.6) is 0 Å². The predicted molar refractivity (Wildman–Crippen MR) is 119 cm³/mol. The molecule has 4 rings (SSSR count). The Kier molecular flexibility index (Phi) is 5.36. The fourth-order valence-corrected chi connectivity index (χ4v) is 4.05. The number of nitrogens with one attached hydrogen (secondary N) is 1. The van der Waals surface area contributed by atoms with Crippen LogP contribution in [0.15, 0.2) is 71.9 Å². The van der Waals surface area contributed by atoms with E-state index >= 15 is 0 Å². The van der Waals surface area contributed by atoms with Gasteiger partial charge < -0.3 is 9.88 Å². The Hall–Kier alpha value is -3.12. The maximum Gasteiger partial charge on any atom is 0.237 e. The average molecular weight is 403 g/mol. The summed E-state index contributed by atoms with van der Waals surface area (Å²) in [5.74, 6) is 0.726. The molecular weight excluding hydrogens is 380 g/mol. The van der Waals surface area contributed by atoms with E-state index < -0.39 is 0 Å². The lowest BCUT2D eigenvalue weighted by Crippen LogP contribution is -2.23. The molecular formula is C23H22N4OS. The second kappa shape index (κ2) is 8.09. The van der Waals surface area contributed by atoms with Crippen molar-refractivity contribution >= 4 is 34.1 Å². The minimum Gasteiger partial charge on any atom is -0.325 e. The lowest BCUT2D eigenvalue weighted by Gasteiger charge is -2.13. The molecule has 0 aliphatic heterocycles. The van der Waals surface area contributed by atoms with Crippen molar-refractivity contribution in [3.05, 3.63) is 72.3 Å². The van der Waals surface area contributed by atoms with Gasteiger partial charge in [-0.15, -0.1) is 10.2 Å². The van der Waals surface area contributed by atoms with Gasteiger partial charge in [0.25, 0.3) is 0 Å². The Labute approximate surface area is 174 Å². The number of amides is 1. The van der Waals surface area contributed by atoms with Gasteiger partial charge >= 0.3 is 0 Å². The number of carbonyl (C=O) groups is 1. The molecule has 1 heterocycles. The van der Waals surface area contributed by atoms with Gasteiger partial charge in [-0.05, 0) is 31.4 Å². The number of anilines is 1. The average Bonchev–Trinajstić information content (AvgIpc) is 3.08. The highest BCUT2D eigenvalue weighted by Gasteiger charge is 2.20. The monoisotopic (exact) mass is 402 g/mol. The van der Waals surface area contributed by atoms with E-state index in [0.717, 1.165) is 27.8 Å². The summed E-state index contributed by atoms with van der Waals surface area (Å²) < 4.78 is 1.93. The number of nitrogens with zero attached hydrogens (tertiary/aromatic N) is 3. The number of benzene rings is 3. The normalized spacial score (nSPS) is 12.1. The molecule has 1 unspecified atom stereocenters. The molecule has 6 heteroatoms. The lowest BCUT2D eigenvalue weighted by molar-refractivity contribution is -0.115. The number of fused-ring (bicyclic) bond motifs is 1. The Balaban J connectivity index is 1.51. The quantitative estimate of drug-likeness (QED) is 0.474. The van der Waals surface area contributed by atoms with E-state index in [2.05, 4.69) is 34.6 Å². The highest BCUT2D eigenvalue weighted by atomic mass is 32.2. The Morgan fingerprint density at radius 3 is 2.62 bits per heavy atom. The fraction of sp³-hybridized carbons (Fsp3) is 0.174. The third kappa shape index (κ3) is 4.03. The molecule has 5 nitrogen and oxygen atoms in total. The van der Waals surface area contributed by atoms with Crippen molar-refractivity contribution in [2.75, 3.05) is 5.32 Å². The zero-order valence-electron chi connectivity index (χ0n) is 16.6. The van der Waals surface area contributed by atoms with E-state index in [1.807, 2.05) is 73.1 Å². The van der Waals surface area contributed by atoms with Gasteiger partial charge in [-0.2, -0.15) is 0 Å². The minimum absolute atomic E-state index is 0.0635. The first kappa shape index (κ1) is 19.2. The van der Waals surface area contributed by atoms with Crippen molar-refractivity contribution < 1.29 is 4.79 Å². The summed E-state index contributed by atoms with van der Waals surface area (Å²) in [6, 6.07) is 22.1. The van der Waals surface area contributed by atoms with E-state index in [0.29, 0.717) is 5.16 Å². The van der Waals surface area contributed by atoms with Crippen molar-refractivity contribution in [3.8, 4) is 11.4 Å². The molecule has 1 amide bonds. The zero-order valence-corrected chi connectivity index (χ0v) is 17.4. The number of aromatic nitrogens is 3.